The van der Waals surface area contributed by atoms with Crippen molar-refractivity contribution in [3.05, 3.63) is 21.3 Å². The minimum Gasteiger partial charge on any atom is -0.292 e. The average Bonchev–Trinajstić information content (AvgIpc) is 2.75. The van der Waals surface area contributed by atoms with E-state index in [9.17, 15) is 4.79 Å². The lowest BCUT2D eigenvalue weighted by atomic mass is 10.1. The van der Waals surface area contributed by atoms with Crippen LogP contribution in [0.4, 0.5) is 0 Å². The number of thioether (sulfide) groups is 2. The molecule has 0 aromatic carbocycles. The van der Waals surface area contributed by atoms with Gasteiger partial charge >= 0.3 is 0 Å². The largest absolute Gasteiger partial charge is 0.292 e. The molecule has 0 amide bonds. The molecule has 1 aliphatic rings. The quantitative estimate of drug-likeness (QED) is 0.777. The maximum atomic E-state index is 12.3. The molecule has 2 atom stereocenters. The SMILES string of the molecule is CCC1SCCSC1C(=O)c1ccc(Cl)s1. The summed E-state index contributed by atoms with van der Waals surface area (Å²) < 4.78 is 0.699. The van der Waals surface area contributed by atoms with Crippen LogP contribution in [0.3, 0.4) is 0 Å². The minimum atomic E-state index is 0.124. The van der Waals surface area contributed by atoms with E-state index in [2.05, 4.69) is 6.92 Å². The van der Waals surface area contributed by atoms with Gasteiger partial charge in [0.1, 0.15) is 0 Å². The molecule has 0 aliphatic carbocycles. The lowest BCUT2D eigenvalue weighted by Crippen LogP contribution is -2.32. The van der Waals surface area contributed by atoms with Gasteiger partial charge in [0, 0.05) is 16.8 Å². The summed E-state index contributed by atoms with van der Waals surface area (Å²) in [5, 5.41) is 0.589. The number of carbonyl (C=O) groups is 1. The van der Waals surface area contributed by atoms with Gasteiger partial charge < -0.3 is 0 Å². The first-order valence-electron chi connectivity index (χ1n) is 5.25. The Morgan fingerprint density at radius 3 is 2.81 bits per heavy atom. The van der Waals surface area contributed by atoms with Gasteiger partial charge in [-0.1, -0.05) is 18.5 Å². The van der Waals surface area contributed by atoms with Crippen LogP contribution in [0.2, 0.25) is 4.34 Å². The maximum absolute atomic E-state index is 12.3. The third kappa shape index (κ3) is 2.78. The smallest absolute Gasteiger partial charge is 0.186 e. The molecule has 0 spiro atoms. The van der Waals surface area contributed by atoms with Crippen LogP contribution in [-0.2, 0) is 0 Å². The van der Waals surface area contributed by atoms with E-state index in [0.717, 1.165) is 22.8 Å². The van der Waals surface area contributed by atoms with Gasteiger partial charge in [0.2, 0.25) is 0 Å². The second-order valence-corrected chi connectivity index (χ2v) is 7.89. The third-order valence-corrected chi connectivity index (χ3v) is 7.02. The van der Waals surface area contributed by atoms with Crippen LogP contribution >= 0.6 is 46.5 Å². The van der Waals surface area contributed by atoms with E-state index >= 15 is 0 Å². The molecule has 0 radical (unpaired) electrons. The minimum absolute atomic E-state index is 0.124. The van der Waals surface area contributed by atoms with Crippen LogP contribution in [-0.4, -0.2) is 27.8 Å². The number of Topliss-reactive ketones (excluding diaryl/α,β-unsaturated/α-hetero) is 1. The lowest BCUT2D eigenvalue weighted by molar-refractivity contribution is 0.0992. The number of rotatable bonds is 3. The Hall–Kier alpha value is 0.360. The molecule has 5 heteroatoms. The predicted octanol–water partition coefficient (Wildman–Crippen LogP) is 4.21. The lowest BCUT2D eigenvalue weighted by Gasteiger charge is -2.28. The van der Waals surface area contributed by atoms with Crippen LogP contribution in [0, 0.1) is 0 Å². The molecule has 16 heavy (non-hydrogen) atoms. The number of ketones is 1. The monoisotopic (exact) mass is 292 g/mol. The topological polar surface area (TPSA) is 17.1 Å². The van der Waals surface area contributed by atoms with E-state index in [-0.39, 0.29) is 11.0 Å². The van der Waals surface area contributed by atoms with E-state index in [1.807, 2.05) is 17.8 Å². The molecule has 1 aliphatic heterocycles. The first-order chi connectivity index (χ1) is 7.72. The van der Waals surface area contributed by atoms with E-state index in [4.69, 9.17) is 11.6 Å². The third-order valence-electron chi connectivity index (χ3n) is 2.53. The van der Waals surface area contributed by atoms with Gasteiger partial charge in [-0.3, -0.25) is 4.79 Å². The van der Waals surface area contributed by atoms with Crippen molar-refractivity contribution in [1.82, 2.24) is 0 Å². The summed E-state index contributed by atoms with van der Waals surface area (Å²) in [4.78, 5) is 13.1. The van der Waals surface area contributed by atoms with Crippen molar-refractivity contribution in [3.8, 4) is 0 Å². The summed E-state index contributed by atoms with van der Waals surface area (Å²) in [6, 6.07) is 3.66. The van der Waals surface area contributed by atoms with Gasteiger partial charge in [-0.2, -0.15) is 11.8 Å². The standard InChI is InChI=1S/C11H13ClOS3/c1-2-7-11(15-6-5-14-7)10(13)8-3-4-9(12)16-8/h3-4,7,11H,2,5-6H2,1H3. The molecule has 0 N–H and O–H groups in total. The molecule has 1 nitrogen and oxygen atoms in total. The Balaban J connectivity index is 2.13. The fraction of sp³-hybridized carbons (Fsp3) is 0.545. The normalized spacial score (nSPS) is 25.6. The van der Waals surface area contributed by atoms with Gasteiger partial charge in [-0.15, -0.1) is 23.1 Å². The second kappa shape index (κ2) is 5.80. The maximum Gasteiger partial charge on any atom is 0.186 e. The highest BCUT2D eigenvalue weighted by Crippen LogP contribution is 2.36. The Bertz CT molecular complexity index is 377. The van der Waals surface area contributed by atoms with Crippen molar-refractivity contribution in [3.63, 3.8) is 0 Å². The number of hydrogen-bond acceptors (Lipinski definition) is 4. The number of halogens is 1. The van der Waals surface area contributed by atoms with Gasteiger partial charge in [0.05, 0.1) is 14.5 Å². The van der Waals surface area contributed by atoms with Gasteiger partial charge in [0.15, 0.2) is 5.78 Å². The van der Waals surface area contributed by atoms with Gasteiger partial charge in [-0.05, 0) is 18.6 Å². The Kier molecular flexibility index (Phi) is 4.65. The molecule has 88 valence electrons. The van der Waals surface area contributed by atoms with Crippen molar-refractivity contribution in [1.29, 1.82) is 0 Å². The molecule has 2 heterocycles. The van der Waals surface area contributed by atoms with E-state index in [1.165, 1.54) is 11.3 Å². The Labute approximate surface area is 113 Å². The summed E-state index contributed by atoms with van der Waals surface area (Å²) >= 11 is 11.0. The fourth-order valence-corrected chi connectivity index (χ4v) is 5.85. The molecule has 1 saturated heterocycles. The van der Waals surface area contributed by atoms with Crippen molar-refractivity contribution in [2.45, 2.75) is 23.8 Å². The molecule has 2 unspecified atom stereocenters. The van der Waals surface area contributed by atoms with Crippen molar-refractivity contribution < 1.29 is 4.79 Å². The summed E-state index contributed by atoms with van der Waals surface area (Å²) in [6.07, 6.45) is 1.06. The van der Waals surface area contributed by atoms with Crippen molar-refractivity contribution >= 4 is 52.2 Å². The van der Waals surface area contributed by atoms with Gasteiger partial charge in [-0.25, -0.2) is 0 Å². The van der Waals surface area contributed by atoms with E-state index in [0.29, 0.717) is 9.59 Å². The van der Waals surface area contributed by atoms with E-state index in [1.54, 1.807) is 17.8 Å². The zero-order valence-electron chi connectivity index (χ0n) is 8.94. The highest BCUT2D eigenvalue weighted by Gasteiger charge is 2.32. The molecule has 0 bridgehead atoms. The summed E-state index contributed by atoms with van der Waals surface area (Å²) in [6.45, 7) is 2.16. The Morgan fingerprint density at radius 2 is 2.19 bits per heavy atom. The highest BCUT2D eigenvalue weighted by atomic mass is 35.5. The predicted molar refractivity (Wildman–Crippen MR) is 76.4 cm³/mol. The second-order valence-electron chi connectivity index (χ2n) is 3.58. The zero-order chi connectivity index (χ0) is 11.5. The fourth-order valence-electron chi connectivity index (χ4n) is 1.73. The summed E-state index contributed by atoms with van der Waals surface area (Å²) in [5.74, 6) is 2.51. The van der Waals surface area contributed by atoms with E-state index < -0.39 is 0 Å². The highest BCUT2D eigenvalue weighted by molar-refractivity contribution is 8.07. The average molecular weight is 293 g/mol. The first-order valence-corrected chi connectivity index (χ1v) is 8.54. The summed E-state index contributed by atoms with van der Waals surface area (Å²) in [5.41, 5.74) is 0. The molecule has 1 aromatic rings. The number of thiophene rings is 1. The number of hydrogen-bond donors (Lipinski definition) is 0. The number of carbonyl (C=O) groups excluding carboxylic acids is 1. The summed E-state index contributed by atoms with van der Waals surface area (Å²) in [7, 11) is 0. The van der Waals surface area contributed by atoms with Crippen molar-refractivity contribution in [2.75, 3.05) is 11.5 Å². The Morgan fingerprint density at radius 1 is 1.44 bits per heavy atom. The van der Waals surface area contributed by atoms with Crippen LogP contribution in [0.15, 0.2) is 12.1 Å². The van der Waals surface area contributed by atoms with Crippen LogP contribution in [0.1, 0.15) is 23.0 Å². The molecule has 1 fully saturated rings. The molecule has 2 rings (SSSR count). The van der Waals surface area contributed by atoms with Crippen LogP contribution < -0.4 is 0 Å². The van der Waals surface area contributed by atoms with Crippen LogP contribution in [0.25, 0.3) is 0 Å². The van der Waals surface area contributed by atoms with Crippen LogP contribution in [0.5, 0.6) is 0 Å². The van der Waals surface area contributed by atoms with Gasteiger partial charge in [0.25, 0.3) is 0 Å². The van der Waals surface area contributed by atoms with Crippen molar-refractivity contribution in [2.24, 2.45) is 0 Å². The molecule has 1 aromatic heterocycles. The molecular weight excluding hydrogens is 280 g/mol. The zero-order valence-corrected chi connectivity index (χ0v) is 12.1. The molecular formula is C11H13ClOS3. The first kappa shape index (κ1) is 12.8. The molecule has 0 saturated carbocycles.